The Labute approximate surface area is 165 Å². The van der Waals surface area contributed by atoms with E-state index in [9.17, 15) is 4.79 Å². The molecule has 0 bridgehead atoms. The lowest BCUT2D eigenvalue weighted by Crippen LogP contribution is -2.27. The van der Waals surface area contributed by atoms with Crippen LogP contribution in [0.3, 0.4) is 0 Å². The number of hydrogen-bond acceptors (Lipinski definition) is 3. The second kappa shape index (κ2) is 7.86. The minimum atomic E-state index is -0.0228. The number of nitrogens with one attached hydrogen (secondary N) is 2. The van der Waals surface area contributed by atoms with E-state index in [1.807, 2.05) is 41.2 Å². The van der Waals surface area contributed by atoms with E-state index in [0.29, 0.717) is 6.54 Å². The number of anilines is 1. The summed E-state index contributed by atoms with van der Waals surface area (Å²) in [7, 11) is 0. The van der Waals surface area contributed by atoms with Gasteiger partial charge < -0.3 is 10.6 Å². The van der Waals surface area contributed by atoms with Crippen LogP contribution in [0.25, 0.3) is 5.69 Å². The van der Waals surface area contributed by atoms with Crippen LogP contribution >= 0.6 is 0 Å². The maximum absolute atomic E-state index is 11.8. The van der Waals surface area contributed by atoms with Crippen LogP contribution in [0, 0.1) is 6.92 Å². The van der Waals surface area contributed by atoms with E-state index >= 15 is 0 Å². The van der Waals surface area contributed by atoms with Crippen molar-refractivity contribution in [2.45, 2.75) is 26.4 Å². The van der Waals surface area contributed by atoms with Gasteiger partial charge in [-0.05, 0) is 43.7 Å². The predicted molar refractivity (Wildman–Crippen MR) is 111 cm³/mol. The third-order valence-electron chi connectivity index (χ3n) is 5.23. The van der Waals surface area contributed by atoms with Crippen molar-refractivity contribution in [3.05, 3.63) is 77.6 Å². The zero-order valence-electron chi connectivity index (χ0n) is 16.2. The van der Waals surface area contributed by atoms with Crippen LogP contribution in [0.2, 0.25) is 0 Å². The zero-order valence-corrected chi connectivity index (χ0v) is 16.2. The third-order valence-corrected chi connectivity index (χ3v) is 5.23. The van der Waals surface area contributed by atoms with Gasteiger partial charge >= 0.3 is 6.03 Å². The van der Waals surface area contributed by atoms with Gasteiger partial charge in [0.15, 0.2) is 0 Å². The van der Waals surface area contributed by atoms with Crippen LogP contribution in [-0.2, 0) is 6.54 Å². The molecule has 3 aromatic rings. The maximum atomic E-state index is 11.8. The molecule has 1 fully saturated rings. The summed E-state index contributed by atoms with van der Waals surface area (Å²) in [6.45, 7) is 6.43. The first-order valence-electron chi connectivity index (χ1n) is 9.61. The number of hydrogen-bond donors (Lipinski definition) is 2. The van der Waals surface area contributed by atoms with E-state index in [0.717, 1.165) is 30.2 Å². The molecule has 2 amide bonds. The molecule has 1 aliphatic heterocycles. The number of para-hydroxylation sites is 1. The summed E-state index contributed by atoms with van der Waals surface area (Å²) in [6.07, 6.45) is 1.94. The number of amides is 2. The summed E-state index contributed by atoms with van der Waals surface area (Å²) >= 11 is 0. The molecular formula is C22H25N5O. The first kappa shape index (κ1) is 18.3. The van der Waals surface area contributed by atoms with Gasteiger partial charge in [0, 0.05) is 42.6 Å². The van der Waals surface area contributed by atoms with Crippen LogP contribution in [0.1, 0.15) is 29.8 Å². The molecule has 28 heavy (non-hydrogen) atoms. The van der Waals surface area contributed by atoms with Crippen LogP contribution < -0.4 is 15.5 Å². The SMILES string of the molecule is Cc1c(C(C)NCc2ccc(N3CCNC3=O)cc2)cnn1-c1ccccc1. The van der Waals surface area contributed by atoms with Crippen molar-refractivity contribution in [3.63, 3.8) is 0 Å². The standard InChI is InChI=1S/C22H25N5O/c1-16(21-15-25-27(17(21)2)20-6-4-3-5-7-20)24-14-18-8-10-19(11-9-18)26-13-12-23-22(26)28/h3-11,15-16,24H,12-14H2,1-2H3,(H,23,28). The van der Waals surface area contributed by atoms with Crippen molar-refractivity contribution in [2.24, 2.45) is 0 Å². The molecule has 144 valence electrons. The Hall–Kier alpha value is -3.12. The quantitative estimate of drug-likeness (QED) is 0.692. The molecule has 1 aliphatic rings. The monoisotopic (exact) mass is 375 g/mol. The zero-order chi connectivity index (χ0) is 19.5. The van der Waals surface area contributed by atoms with Crippen LogP contribution in [0.15, 0.2) is 60.8 Å². The average Bonchev–Trinajstić information content (AvgIpc) is 3.33. The number of urea groups is 1. The van der Waals surface area contributed by atoms with E-state index in [1.165, 1.54) is 11.1 Å². The van der Waals surface area contributed by atoms with Crippen LogP contribution in [0.5, 0.6) is 0 Å². The Balaban J connectivity index is 1.40. The highest BCUT2D eigenvalue weighted by atomic mass is 16.2. The topological polar surface area (TPSA) is 62.2 Å². The fourth-order valence-electron chi connectivity index (χ4n) is 3.57. The molecule has 0 spiro atoms. The van der Waals surface area contributed by atoms with E-state index in [-0.39, 0.29) is 12.1 Å². The second-order valence-corrected chi connectivity index (χ2v) is 7.09. The molecule has 6 nitrogen and oxygen atoms in total. The van der Waals surface area contributed by atoms with Gasteiger partial charge in [0.05, 0.1) is 11.9 Å². The highest BCUT2D eigenvalue weighted by Gasteiger charge is 2.20. The lowest BCUT2D eigenvalue weighted by atomic mass is 10.1. The Morgan fingerprint density at radius 2 is 1.86 bits per heavy atom. The summed E-state index contributed by atoms with van der Waals surface area (Å²) in [6, 6.07) is 18.5. The third kappa shape index (κ3) is 3.64. The van der Waals surface area contributed by atoms with Gasteiger partial charge in [-0.25, -0.2) is 9.48 Å². The highest BCUT2D eigenvalue weighted by molar-refractivity contribution is 5.93. The number of carbonyl (C=O) groups excluding carboxylic acids is 1. The molecule has 2 aromatic carbocycles. The lowest BCUT2D eigenvalue weighted by molar-refractivity contribution is 0.252. The van der Waals surface area contributed by atoms with Gasteiger partial charge in [0.2, 0.25) is 0 Å². The minimum absolute atomic E-state index is 0.0228. The van der Waals surface area contributed by atoms with E-state index in [2.05, 4.69) is 53.8 Å². The normalized spacial score (nSPS) is 14.9. The molecular weight excluding hydrogens is 350 g/mol. The molecule has 2 N–H and O–H groups in total. The van der Waals surface area contributed by atoms with Gasteiger partial charge in [-0.3, -0.25) is 4.90 Å². The molecule has 0 saturated carbocycles. The van der Waals surface area contributed by atoms with Gasteiger partial charge in [-0.15, -0.1) is 0 Å². The Kier molecular flexibility index (Phi) is 5.12. The molecule has 4 rings (SSSR count). The molecule has 0 aliphatic carbocycles. The van der Waals surface area contributed by atoms with E-state index in [1.54, 1.807) is 4.90 Å². The number of rotatable bonds is 6. The Morgan fingerprint density at radius 3 is 2.54 bits per heavy atom. The van der Waals surface area contributed by atoms with E-state index in [4.69, 9.17) is 0 Å². The van der Waals surface area contributed by atoms with Crippen molar-refractivity contribution < 1.29 is 4.79 Å². The van der Waals surface area contributed by atoms with Gasteiger partial charge in [-0.1, -0.05) is 30.3 Å². The lowest BCUT2D eigenvalue weighted by Gasteiger charge is -2.16. The average molecular weight is 375 g/mol. The Morgan fingerprint density at radius 1 is 1.11 bits per heavy atom. The number of nitrogens with zero attached hydrogens (tertiary/aromatic N) is 3. The summed E-state index contributed by atoms with van der Waals surface area (Å²) in [5, 5.41) is 11.0. The van der Waals surface area contributed by atoms with E-state index < -0.39 is 0 Å². The fourth-order valence-corrected chi connectivity index (χ4v) is 3.57. The molecule has 0 radical (unpaired) electrons. The first-order valence-corrected chi connectivity index (χ1v) is 9.61. The summed E-state index contributed by atoms with van der Waals surface area (Å²) in [5.41, 5.74) is 5.52. The highest BCUT2D eigenvalue weighted by Crippen LogP contribution is 2.21. The van der Waals surface area contributed by atoms with Crippen molar-refractivity contribution in [2.75, 3.05) is 18.0 Å². The first-order chi connectivity index (χ1) is 13.6. The minimum Gasteiger partial charge on any atom is -0.336 e. The molecule has 1 saturated heterocycles. The van der Waals surface area contributed by atoms with Gasteiger partial charge in [0.1, 0.15) is 0 Å². The molecule has 2 heterocycles. The second-order valence-electron chi connectivity index (χ2n) is 7.09. The van der Waals surface area contributed by atoms with Gasteiger partial charge in [-0.2, -0.15) is 5.10 Å². The maximum Gasteiger partial charge on any atom is 0.321 e. The van der Waals surface area contributed by atoms with Gasteiger partial charge in [0.25, 0.3) is 0 Å². The van der Waals surface area contributed by atoms with Crippen LogP contribution in [0.4, 0.5) is 10.5 Å². The van der Waals surface area contributed by atoms with Crippen molar-refractivity contribution in [1.82, 2.24) is 20.4 Å². The smallest absolute Gasteiger partial charge is 0.321 e. The largest absolute Gasteiger partial charge is 0.336 e. The fraction of sp³-hybridized carbons (Fsp3) is 0.273. The number of benzene rings is 2. The molecule has 1 aromatic heterocycles. The summed E-state index contributed by atoms with van der Waals surface area (Å²) in [5.74, 6) is 0. The van der Waals surface area contributed by atoms with Crippen LogP contribution in [-0.4, -0.2) is 28.9 Å². The number of aromatic nitrogens is 2. The number of carbonyl (C=O) groups is 1. The predicted octanol–water partition coefficient (Wildman–Crippen LogP) is 3.56. The van der Waals surface area contributed by atoms with Crippen molar-refractivity contribution >= 4 is 11.7 Å². The molecule has 6 heteroatoms. The molecule has 1 unspecified atom stereocenters. The molecule has 1 atom stereocenters. The van der Waals surface area contributed by atoms with Crippen molar-refractivity contribution in [3.8, 4) is 5.69 Å². The Bertz CT molecular complexity index is 949. The summed E-state index contributed by atoms with van der Waals surface area (Å²) in [4.78, 5) is 13.5. The summed E-state index contributed by atoms with van der Waals surface area (Å²) < 4.78 is 1.98. The van der Waals surface area contributed by atoms with Crippen molar-refractivity contribution in [1.29, 1.82) is 0 Å².